The highest BCUT2D eigenvalue weighted by molar-refractivity contribution is 5.74. The minimum absolute atomic E-state index is 0.0885. The summed E-state index contributed by atoms with van der Waals surface area (Å²) in [5, 5.41) is 9.02. The van der Waals surface area contributed by atoms with E-state index in [1.54, 1.807) is 0 Å². The van der Waals surface area contributed by atoms with Gasteiger partial charge in [0.05, 0.1) is 11.8 Å². The zero-order valence-corrected chi connectivity index (χ0v) is 13.3. The van der Waals surface area contributed by atoms with E-state index in [4.69, 9.17) is 9.84 Å². The van der Waals surface area contributed by atoms with Crippen molar-refractivity contribution in [3.63, 3.8) is 0 Å². The minimum atomic E-state index is -0.729. The van der Waals surface area contributed by atoms with Crippen LogP contribution in [-0.4, -0.2) is 22.6 Å². The van der Waals surface area contributed by atoms with E-state index in [1.807, 2.05) is 0 Å². The Bertz CT molecular complexity index is 374. The van der Waals surface area contributed by atoms with Crippen LogP contribution in [0.4, 0.5) is 0 Å². The SMILES string of the molecule is CC(C)C1(OC(=O)C2CCC(C(=O)O)CC2)CCCCC1. The van der Waals surface area contributed by atoms with Crippen molar-refractivity contribution < 1.29 is 19.4 Å². The first-order valence-corrected chi connectivity index (χ1v) is 8.40. The summed E-state index contributed by atoms with van der Waals surface area (Å²) < 4.78 is 5.99. The molecule has 0 aliphatic heterocycles. The molecule has 0 heterocycles. The average molecular weight is 296 g/mol. The van der Waals surface area contributed by atoms with Crippen LogP contribution >= 0.6 is 0 Å². The second-order valence-electron chi connectivity index (χ2n) is 7.09. The lowest BCUT2D eigenvalue weighted by Crippen LogP contribution is -2.44. The molecule has 2 rings (SSSR count). The third-order valence-corrected chi connectivity index (χ3v) is 5.47. The Morgan fingerprint density at radius 2 is 1.52 bits per heavy atom. The molecular formula is C17H28O4. The Balaban J connectivity index is 1.92. The number of esters is 1. The molecule has 0 aromatic carbocycles. The maximum absolute atomic E-state index is 12.5. The topological polar surface area (TPSA) is 63.6 Å². The molecule has 120 valence electrons. The number of carboxylic acids is 1. The fourth-order valence-electron chi connectivity index (χ4n) is 3.81. The summed E-state index contributed by atoms with van der Waals surface area (Å²) in [5.41, 5.74) is -0.279. The second-order valence-corrected chi connectivity index (χ2v) is 7.09. The number of aliphatic carboxylic acids is 1. The van der Waals surface area contributed by atoms with Crippen molar-refractivity contribution in [2.45, 2.75) is 77.2 Å². The monoisotopic (exact) mass is 296 g/mol. The first-order chi connectivity index (χ1) is 9.94. The molecule has 0 aromatic heterocycles. The molecule has 0 bridgehead atoms. The van der Waals surface area contributed by atoms with Gasteiger partial charge in [0.15, 0.2) is 0 Å². The molecule has 4 heteroatoms. The lowest BCUT2D eigenvalue weighted by molar-refractivity contribution is -0.176. The van der Waals surface area contributed by atoms with Crippen LogP contribution in [-0.2, 0) is 14.3 Å². The Hall–Kier alpha value is -1.06. The Labute approximate surface area is 127 Å². The number of ether oxygens (including phenoxy) is 1. The Kier molecular flexibility index (Phi) is 5.28. The lowest BCUT2D eigenvalue weighted by atomic mass is 9.76. The van der Waals surface area contributed by atoms with E-state index >= 15 is 0 Å². The molecular weight excluding hydrogens is 268 g/mol. The van der Waals surface area contributed by atoms with Crippen molar-refractivity contribution in [2.75, 3.05) is 0 Å². The first-order valence-electron chi connectivity index (χ1n) is 8.40. The van der Waals surface area contributed by atoms with E-state index < -0.39 is 5.97 Å². The van der Waals surface area contributed by atoms with Crippen LogP contribution in [0.1, 0.15) is 71.6 Å². The lowest BCUT2D eigenvalue weighted by Gasteiger charge is -2.41. The molecule has 2 fully saturated rings. The van der Waals surface area contributed by atoms with E-state index in [0.717, 1.165) is 25.7 Å². The summed E-state index contributed by atoms with van der Waals surface area (Å²) >= 11 is 0. The largest absolute Gasteiger partial charge is 0.481 e. The fraction of sp³-hybridized carbons (Fsp3) is 0.882. The van der Waals surface area contributed by atoms with Gasteiger partial charge in [-0.15, -0.1) is 0 Å². The van der Waals surface area contributed by atoms with Crippen LogP contribution in [0.15, 0.2) is 0 Å². The maximum Gasteiger partial charge on any atom is 0.309 e. The Morgan fingerprint density at radius 1 is 1.00 bits per heavy atom. The summed E-state index contributed by atoms with van der Waals surface area (Å²) in [4.78, 5) is 23.5. The van der Waals surface area contributed by atoms with Gasteiger partial charge in [0.1, 0.15) is 5.60 Å². The van der Waals surface area contributed by atoms with Gasteiger partial charge in [0, 0.05) is 0 Å². The van der Waals surface area contributed by atoms with Crippen molar-refractivity contribution >= 4 is 11.9 Å². The van der Waals surface area contributed by atoms with Gasteiger partial charge in [0.25, 0.3) is 0 Å². The molecule has 0 radical (unpaired) electrons. The molecule has 0 saturated heterocycles. The quantitative estimate of drug-likeness (QED) is 0.802. The molecule has 0 aromatic rings. The van der Waals surface area contributed by atoms with Crippen molar-refractivity contribution in [3.05, 3.63) is 0 Å². The van der Waals surface area contributed by atoms with Crippen LogP contribution in [0, 0.1) is 17.8 Å². The number of hydrogen-bond donors (Lipinski definition) is 1. The second kappa shape index (κ2) is 6.80. The smallest absolute Gasteiger partial charge is 0.309 e. The standard InChI is InChI=1S/C17H28O4/c1-12(2)17(10-4-3-5-11-17)21-16(20)14-8-6-13(7-9-14)15(18)19/h12-14H,3-11H2,1-2H3,(H,18,19). The van der Waals surface area contributed by atoms with Gasteiger partial charge in [-0.25, -0.2) is 0 Å². The van der Waals surface area contributed by atoms with E-state index in [1.165, 1.54) is 6.42 Å². The van der Waals surface area contributed by atoms with Crippen molar-refractivity contribution in [3.8, 4) is 0 Å². The summed E-state index contributed by atoms with van der Waals surface area (Å²) in [7, 11) is 0. The molecule has 0 atom stereocenters. The fourth-order valence-corrected chi connectivity index (χ4v) is 3.81. The zero-order chi connectivity index (χ0) is 15.5. The van der Waals surface area contributed by atoms with E-state index in [-0.39, 0.29) is 23.4 Å². The molecule has 2 aliphatic carbocycles. The Morgan fingerprint density at radius 3 is 2.00 bits per heavy atom. The van der Waals surface area contributed by atoms with E-state index in [2.05, 4.69) is 13.8 Å². The highest BCUT2D eigenvalue weighted by Crippen LogP contribution is 2.39. The molecule has 0 unspecified atom stereocenters. The summed E-state index contributed by atoms with van der Waals surface area (Å²) in [6.07, 6.45) is 7.97. The van der Waals surface area contributed by atoms with Gasteiger partial charge >= 0.3 is 11.9 Å². The number of carbonyl (C=O) groups is 2. The van der Waals surface area contributed by atoms with Crippen LogP contribution < -0.4 is 0 Å². The highest BCUT2D eigenvalue weighted by atomic mass is 16.6. The third kappa shape index (κ3) is 3.78. The predicted molar refractivity (Wildman–Crippen MR) is 79.8 cm³/mol. The van der Waals surface area contributed by atoms with E-state index in [0.29, 0.717) is 31.6 Å². The van der Waals surface area contributed by atoms with Crippen LogP contribution in [0.5, 0.6) is 0 Å². The van der Waals surface area contributed by atoms with Gasteiger partial charge in [-0.05, 0) is 57.3 Å². The van der Waals surface area contributed by atoms with E-state index in [9.17, 15) is 9.59 Å². The van der Waals surface area contributed by atoms with Gasteiger partial charge in [-0.3, -0.25) is 9.59 Å². The molecule has 0 spiro atoms. The van der Waals surface area contributed by atoms with Gasteiger partial charge in [-0.1, -0.05) is 20.3 Å². The molecule has 4 nitrogen and oxygen atoms in total. The highest BCUT2D eigenvalue weighted by Gasteiger charge is 2.41. The third-order valence-electron chi connectivity index (χ3n) is 5.47. The maximum atomic E-state index is 12.5. The molecule has 0 amide bonds. The van der Waals surface area contributed by atoms with Gasteiger partial charge < -0.3 is 9.84 Å². The molecule has 2 saturated carbocycles. The summed E-state index contributed by atoms with van der Waals surface area (Å²) in [5.74, 6) is -0.847. The summed E-state index contributed by atoms with van der Waals surface area (Å²) in [6.45, 7) is 4.28. The number of carboxylic acid groups (broad SMARTS) is 1. The van der Waals surface area contributed by atoms with Crippen molar-refractivity contribution in [1.82, 2.24) is 0 Å². The van der Waals surface area contributed by atoms with Crippen molar-refractivity contribution in [1.29, 1.82) is 0 Å². The van der Waals surface area contributed by atoms with Crippen LogP contribution in [0.3, 0.4) is 0 Å². The summed E-state index contributed by atoms with van der Waals surface area (Å²) in [6, 6.07) is 0. The average Bonchev–Trinajstić information content (AvgIpc) is 2.48. The van der Waals surface area contributed by atoms with Gasteiger partial charge in [0.2, 0.25) is 0 Å². The number of rotatable bonds is 4. The molecule has 21 heavy (non-hydrogen) atoms. The number of carbonyl (C=O) groups excluding carboxylic acids is 1. The minimum Gasteiger partial charge on any atom is -0.481 e. The molecule has 1 N–H and O–H groups in total. The zero-order valence-electron chi connectivity index (χ0n) is 13.3. The molecule has 2 aliphatic rings. The van der Waals surface area contributed by atoms with Crippen molar-refractivity contribution in [2.24, 2.45) is 17.8 Å². The van der Waals surface area contributed by atoms with Crippen LogP contribution in [0.25, 0.3) is 0 Å². The number of hydrogen-bond acceptors (Lipinski definition) is 3. The predicted octanol–water partition coefficient (Wildman–Crippen LogP) is 3.78. The normalized spacial score (nSPS) is 29.1. The van der Waals surface area contributed by atoms with Gasteiger partial charge in [-0.2, -0.15) is 0 Å². The van der Waals surface area contributed by atoms with Crippen LogP contribution in [0.2, 0.25) is 0 Å². The first kappa shape index (κ1) is 16.3.